The molecule has 3 heteroatoms. The maximum Gasteiger partial charge on any atom is 0.119 e. The first-order chi connectivity index (χ1) is 9.71. The summed E-state index contributed by atoms with van der Waals surface area (Å²) in [5, 5.41) is 12.1. The molecular weight excluding hydrogens is 255 g/mol. The molecule has 20 heavy (non-hydrogen) atoms. The van der Waals surface area contributed by atoms with E-state index in [1.54, 1.807) is 0 Å². The Hall–Kier alpha value is -1.35. The Morgan fingerprint density at radius 1 is 1.20 bits per heavy atom. The summed E-state index contributed by atoms with van der Waals surface area (Å²) in [6, 6.07) is 6.08. The minimum absolute atomic E-state index is 0.124. The summed E-state index contributed by atoms with van der Waals surface area (Å²) in [4.78, 5) is 0. The molecule has 0 amide bonds. The van der Waals surface area contributed by atoms with Crippen molar-refractivity contribution in [3.63, 3.8) is 0 Å². The molecule has 1 aromatic rings. The Morgan fingerprint density at radius 2 is 1.95 bits per heavy atom. The molecule has 3 rings (SSSR count). The molecular formula is C17H21FO2. The van der Waals surface area contributed by atoms with Crippen molar-refractivity contribution >= 4 is 12.2 Å². The number of hydrogen-bond acceptors (Lipinski definition) is 2. The van der Waals surface area contributed by atoms with Gasteiger partial charge < -0.3 is 9.84 Å². The third-order valence-electron chi connectivity index (χ3n) is 4.38. The molecule has 0 bridgehead atoms. The summed E-state index contributed by atoms with van der Waals surface area (Å²) in [5.41, 5.74) is 0.124. The number of ether oxygens (including phenoxy) is 1. The topological polar surface area (TPSA) is 29.5 Å². The molecule has 1 N–H and O–H groups in total. The molecule has 1 saturated carbocycles. The quantitative estimate of drug-likeness (QED) is 0.851. The second-order valence-corrected chi connectivity index (χ2v) is 5.93. The second kappa shape index (κ2) is 5.57. The summed E-state index contributed by atoms with van der Waals surface area (Å²) in [6.45, 7) is 0.0899. The fourth-order valence-electron chi connectivity index (χ4n) is 3.23. The number of fused-ring (bicyclic) bond motifs is 1. The largest absolute Gasteiger partial charge is 0.493 e. The van der Waals surface area contributed by atoms with E-state index in [1.807, 2.05) is 12.1 Å². The lowest BCUT2D eigenvalue weighted by atomic mass is 9.74. The van der Waals surface area contributed by atoms with Crippen LogP contribution in [0.1, 0.15) is 32.1 Å². The Kier molecular flexibility index (Phi) is 3.79. The van der Waals surface area contributed by atoms with Crippen LogP contribution in [0.5, 0.6) is 5.75 Å². The number of alkyl halides is 1. The van der Waals surface area contributed by atoms with Crippen LogP contribution in [0.15, 0.2) is 18.2 Å². The predicted molar refractivity (Wildman–Crippen MR) is 77.6 cm³/mol. The summed E-state index contributed by atoms with van der Waals surface area (Å²) in [5.74, 6) is 0.815. The summed E-state index contributed by atoms with van der Waals surface area (Å²) in [7, 11) is 0. The number of rotatable bonds is 4. The van der Waals surface area contributed by atoms with Crippen LogP contribution >= 0.6 is 0 Å². The van der Waals surface area contributed by atoms with Gasteiger partial charge in [0.15, 0.2) is 0 Å². The van der Waals surface area contributed by atoms with Gasteiger partial charge in [0.2, 0.25) is 0 Å². The lowest BCUT2D eigenvalue weighted by Gasteiger charge is -2.32. The number of halogens is 1. The molecule has 2 nitrogen and oxygen atoms in total. The second-order valence-electron chi connectivity index (χ2n) is 5.93. The van der Waals surface area contributed by atoms with Gasteiger partial charge in [-0.15, -0.1) is 0 Å². The normalized spacial score (nSPS) is 27.8. The SMILES string of the molecule is OC1CCC2(C=c3ccc(OCCCF)cc3=C2)CC1. The molecule has 1 fully saturated rings. The van der Waals surface area contributed by atoms with E-state index in [9.17, 15) is 9.50 Å². The van der Waals surface area contributed by atoms with Crippen molar-refractivity contribution in [3.8, 4) is 5.75 Å². The van der Waals surface area contributed by atoms with Gasteiger partial charge in [-0.1, -0.05) is 18.2 Å². The fraction of sp³-hybridized carbons (Fsp3) is 0.529. The van der Waals surface area contributed by atoms with E-state index in [4.69, 9.17) is 4.74 Å². The first-order valence-corrected chi connectivity index (χ1v) is 7.43. The van der Waals surface area contributed by atoms with Gasteiger partial charge in [0.1, 0.15) is 5.75 Å². The van der Waals surface area contributed by atoms with Crippen LogP contribution in [0.3, 0.4) is 0 Å². The van der Waals surface area contributed by atoms with Crippen molar-refractivity contribution in [3.05, 3.63) is 28.6 Å². The Balaban J connectivity index is 1.80. The lowest BCUT2D eigenvalue weighted by molar-refractivity contribution is 0.108. The molecule has 0 aromatic heterocycles. The standard InChI is InChI=1S/C17H21FO2/c18-8-1-9-20-16-3-2-13-11-17(12-14(13)10-16)6-4-15(19)5-7-17/h2-3,10-12,15,19H,1,4-9H2. The van der Waals surface area contributed by atoms with Gasteiger partial charge in [-0.05, 0) is 48.3 Å². The van der Waals surface area contributed by atoms with Crippen LogP contribution in [0.2, 0.25) is 0 Å². The molecule has 0 saturated heterocycles. The van der Waals surface area contributed by atoms with Crippen molar-refractivity contribution in [2.24, 2.45) is 5.41 Å². The lowest BCUT2D eigenvalue weighted by Crippen LogP contribution is -2.25. The first-order valence-electron chi connectivity index (χ1n) is 7.43. The molecule has 0 atom stereocenters. The number of hydrogen-bond donors (Lipinski definition) is 1. The van der Waals surface area contributed by atoms with Crippen LogP contribution in [-0.2, 0) is 0 Å². The average Bonchev–Trinajstić information content (AvgIpc) is 2.80. The van der Waals surface area contributed by atoms with Crippen LogP contribution in [0.25, 0.3) is 12.2 Å². The first kappa shape index (κ1) is 13.6. The Bertz CT molecular complexity index is 585. The average molecular weight is 276 g/mol. The molecule has 1 aromatic carbocycles. The highest BCUT2D eigenvalue weighted by atomic mass is 19.1. The molecule has 108 valence electrons. The van der Waals surface area contributed by atoms with Crippen molar-refractivity contribution < 1.29 is 14.2 Å². The highest BCUT2D eigenvalue weighted by Crippen LogP contribution is 2.40. The van der Waals surface area contributed by atoms with Gasteiger partial charge in [-0.3, -0.25) is 4.39 Å². The minimum Gasteiger partial charge on any atom is -0.493 e. The van der Waals surface area contributed by atoms with E-state index in [1.165, 1.54) is 10.4 Å². The summed E-state index contributed by atoms with van der Waals surface area (Å²) < 4.78 is 17.6. The molecule has 0 unspecified atom stereocenters. The zero-order chi connectivity index (χ0) is 14.0. The fourth-order valence-corrected chi connectivity index (χ4v) is 3.23. The molecule has 0 heterocycles. The Morgan fingerprint density at radius 3 is 2.70 bits per heavy atom. The van der Waals surface area contributed by atoms with Crippen LogP contribution in [0.4, 0.5) is 4.39 Å². The van der Waals surface area contributed by atoms with Gasteiger partial charge in [0, 0.05) is 11.8 Å². The van der Waals surface area contributed by atoms with Crippen molar-refractivity contribution in [1.29, 1.82) is 0 Å². The highest BCUT2D eigenvalue weighted by Gasteiger charge is 2.32. The highest BCUT2D eigenvalue weighted by molar-refractivity contribution is 5.58. The van der Waals surface area contributed by atoms with Gasteiger partial charge >= 0.3 is 0 Å². The van der Waals surface area contributed by atoms with Crippen molar-refractivity contribution in [2.45, 2.75) is 38.2 Å². The van der Waals surface area contributed by atoms with E-state index < -0.39 is 0 Å². The van der Waals surface area contributed by atoms with Crippen LogP contribution in [-0.4, -0.2) is 24.5 Å². The number of benzene rings is 1. The maximum absolute atomic E-state index is 12.1. The van der Waals surface area contributed by atoms with Gasteiger partial charge in [0.25, 0.3) is 0 Å². The van der Waals surface area contributed by atoms with Crippen molar-refractivity contribution in [1.82, 2.24) is 0 Å². The maximum atomic E-state index is 12.1. The van der Waals surface area contributed by atoms with E-state index >= 15 is 0 Å². The number of aliphatic hydroxyl groups is 1. The van der Waals surface area contributed by atoms with E-state index in [0.29, 0.717) is 13.0 Å². The van der Waals surface area contributed by atoms with Crippen LogP contribution < -0.4 is 15.2 Å². The van der Waals surface area contributed by atoms with Gasteiger partial charge in [-0.25, -0.2) is 0 Å². The monoisotopic (exact) mass is 276 g/mol. The van der Waals surface area contributed by atoms with E-state index in [2.05, 4.69) is 18.2 Å². The third kappa shape index (κ3) is 2.73. The van der Waals surface area contributed by atoms with Gasteiger partial charge in [0.05, 0.1) is 19.4 Å². The van der Waals surface area contributed by atoms with E-state index in [0.717, 1.165) is 31.4 Å². The van der Waals surface area contributed by atoms with E-state index in [-0.39, 0.29) is 18.2 Å². The molecule has 1 spiro atoms. The van der Waals surface area contributed by atoms with Crippen LogP contribution in [0, 0.1) is 5.41 Å². The molecule has 2 aliphatic rings. The number of aliphatic hydroxyl groups excluding tert-OH is 1. The minimum atomic E-state index is -0.337. The summed E-state index contributed by atoms with van der Waals surface area (Å²) in [6.07, 6.45) is 8.74. The Labute approximate surface area is 118 Å². The third-order valence-corrected chi connectivity index (χ3v) is 4.38. The summed E-state index contributed by atoms with van der Waals surface area (Å²) >= 11 is 0. The molecule has 0 radical (unpaired) electrons. The zero-order valence-corrected chi connectivity index (χ0v) is 11.6. The molecule has 0 aliphatic heterocycles. The zero-order valence-electron chi connectivity index (χ0n) is 11.6. The van der Waals surface area contributed by atoms with Crippen molar-refractivity contribution in [2.75, 3.05) is 13.3 Å². The predicted octanol–water partition coefficient (Wildman–Crippen LogP) is 1.92. The molecule has 2 aliphatic carbocycles. The smallest absolute Gasteiger partial charge is 0.119 e. The van der Waals surface area contributed by atoms with Gasteiger partial charge in [-0.2, -0.15) is 0 Å².